The molecule has 1 spiro atoms. The van der Waals surface area contributed by atoms with Gasteiger partial charge in [0.1, 0.15) is 5.66 Å². The zero-order valence-electron chi connectivity index (χ0n) is 10.1. The summed E-state index contributed by atoms with van der Waals surface area (Å²) in [6.07, 6.45) is 2.25. The van der Waals surface area contributed by atoms with Crippen LogP contribution in [0.15, 0.2) is 42.6 Å². The number of rotatable bonds is 1. The number of benzene rings is 1. The van der Waals surface area contributed by atoms with Crippen LogP contribution >= 0.6 is 0 Å². The second-order valence-corrected chi connectivity index (χ2v) is 4.93. The molecule has 0 radical (unpaired) electrons. The third-order valence-corrected chi connectivity index (χ3v) is 3.77. The van der Waals surface area contributed by atoms with Crippen LogP contribution in [0.4, 0.5) is 5.69 Å². The Kier molecular flexibility index (Phi) is 2.56. The first-order chi connectivity index (χ1) is 8.30. The van der Waals surface area contributed by atoms with Crippen LogP contribution in [0.25, 0.3) is 0 Å². The van der Waals surface area contributed by atoms with E-state index in [1.807, 2.05) is 0 Å². The lowest BCUT2D eigenvalue weighted by Crippen LogP contribution is -2.57. The largest absolute Gasteiger partial charge is 0.365 e. The Morgan fingerprint density at radius 3 is 2.53 bits per heavy atom. The molecule has 0 saturated carbocycles. The number of piperidine rings is 1. The number of para-hydroxylation sites is 1. The molecule has 2 saturated heterocycles. The average Bonchev–Trinajstić information content (AvgIpc) is 2.68. The van der Waals surface area contributed by atoms with Crippen LogP contribution in [0.5, 0.6) is 0 Å². The van der Waals surface area contributed by atoms with Gasteiger partial charge in [-0.25, -0.2) is 0 Å². The molecule has 0 unspecified atom stereocenters. The SMILES string of the molecule is C=C1CN(c2ccccc2)C2(CCNCC2)N1. The van der Waals surface area contributed by atoms with Gasteiger partial charge in [-0.3, -0.25) is 0 Å². The van der Waals surface area contributed by atoms with Crippen LogP contribution in [0.1, 0.15) is 12.8 Å². The molecule has 1 aromatic rings. The monoisotopic (exact) mass is 229 g/mol. The Morgan fingerprint density at radius 1 is 1.12 bits per heavy atom. The summed E-state index contributed by atoms with van der Waals surface area (Å²) in [7, 11) is 0. The van der Waals surface area contributed by atoms with Crippen molar-refractivity contribution in [2.45, 2.75) is 18.5 Å². The van der Waals surface area contributed by atoms with Gasteiger partial charge >= 0.3 is 0 Å². The van der Waals surface area contributed by atoms with Crippen LogP contribution in [-0.4, -0.2) is 25.3 Å². The van der Waals surface area contributed by atoms with Gasteiger partial charge in [-0.1, -0.05) is 24.8 Å². The van der Waals surface area contributed by atoms with Crippen molar-refractivity contribution in [2.75, 3.05) is 24.5 Å². The van der Waals surface area contributed by atoms with E-state index in [-0.39, 0.29) is 5.66 Å². The quantitative estimate of drug-likeness (QED) is 0.767. The van der Waals surface area contributed by atoms with Gasteiger partial charge in [-0.05, 0) is 25.2 Å². The number of nitrogens with zero attached hydrogens (tertiary/aromatic N) is 1. The summed E-state index contributed by atoms with van der Waals surface area (Å²) < 4.78 is 0. The molecule has 2 N–H and O–H groups in total. The Morgan fingerprint density at radius 2 is 1.82 bits per heavy atom. The molecule has 2 heterocycles. The molecule has 0 aliphatic carbocycles. The van der Waals surface area contributed by atoms with Crippen molar-refractivity contribution >= 4 is 5.69 Å². The van der Waals surface area contributed by atoms with E-state index in [0.717, 1.165) is 38.2 Å². The summed E-state index contributed by atoms with van der Waals surface area (Å²) in [5.41, 5.74) is 2.51. The van der Waals surface area contributed by atoms with Crippen molar-refractivity contribution in [1.29, 1.82) is 0 Å². The lowest BCUT2D eigenvalue weighted by atomic mass is 9.97. The highest BCUT2D eigenvalue weighted by Gasteiger charge is 2.42. The van der Waals surface area contributed by atoms with Crippen molar-refractivity contribution in [1.82, 2.24) is 10.6 Å². The van der Waals surface area contributed by atoms with Gasteiger partial charge in [-0.15, -0.1) is 0 Å². The number of anilines is 1. The van der Waals surface area contributed by atoms with Gasteiger partial charge < -0.3 is 15.5 Å². The highest BCUT2D eigenvalue weighted by atomic mass is 15.4. The van der Waals surface area contributed by atoms with E-state index in [1.54, 1.807) is 0 Å². The molecule has 1 aromatic carbocycles. The maximum atomic E-state index is 4.11. The van der Waals surface area contributed by atoms with Crippen molar-refractivity contribution in [3.63, 3.8) is 0 Å². The maximum Gasteiger partial charge on any atom is 0.113 e. The van der Waals surface area contributed by atoms with Gasteiger partial charge in [0, 0.05) is 24.2 Å². The second-order valence-electron chi connectivity index (χ2n) is 4.93. The summed E-state index contributed by atoms with van der Waals surface area (Å²) in [6, 6.07) is 10.6. The van der Waals surface area contributed by atoms with E-state index < -0.39 is 0 Å². The fraction of sp³-hybridized carbons (Fsp3) is 0.429. The number of hydrogen-bond acceptors (Lipinski definition) is 3. The second kappa shape index (κ2) is 4.08. The first-order valence-corrected chi connectivity index (χ1v) is 6.30. The Hall–Kier alpha value is -1.48. The highest BCUT2D eigenvalue weighted by Crippen LogP contribution is 2.34. The maximum absolute atomic E-state index is 4.11. The van der Waals surface area contributed by atoms with E-state index >= 15 is 0 Å². The van der Waals surface area contributed by atoms with Crippen LogP contribution in [0.2, 0.25) is 0 Å². The van der Waals surface area contributed by atoms with Gasteiger partial charge in [0.15, 0.2) is 0 Å². The standard InChI is InChI=1S/C14H19N3/c1-12-11-17(13-5-3-2-4-6-13)14(16-12)7-9-15-10-8-14/h2-6,15-16H,1,7-11H2. The molecule has 0 atom stereocenters. The molecule has 2 aliphatic heterocycles. The lowest BCUT2D eigenvalue weighted by molar-refractivity contribution is 0.285. The zero-order chi connectivity index (χ0) is 11.7. The molecule has 90 valence electrons. The third kappa shape index (κ3) is 1.80. The number of hydrogen-bond donors (Lipinski definition) is 2. The minimum atomic E-state index is 0.0870. The van der Waals surface area contributed by atoms with Crippen LogP contribution < -0.4 is 15.5 Å². The molecule has 0 bridgehead atoms. The third-order valence-electron chi connectivity index (χ3n) is 3.77. The molecule has 0 amide bonds. The fourth-order valence-electron chi connectivity index (χ4n) is 2.96. The van der Waals surface area contributed by atoms with Crippen molar-refractivity contribution in [3.05, 3.63) is 42.6 Å². The molecule has 3 rings (SSSR count). The van der Waals surface area contributed by atoms with Gasteiger partial charge in [0.2, 0.25) is 0 Å². The molecule has 2 aliphatic rings. The minimum Gasteiger partial charge on any atom is -0.365 e. The Balaban J connectivity index is 1.94. The molecular formula is C14H19N3. The van der Waals surface area contributed by atoms with Crippen molar-refractivity contribution in [2.24, 2.45) is 0 Å². The average molecular weight is 229 g/mol. The van der Waals surface area contributed by atoms with E-state index in [0.29, 0.717) is 0 Å². The summed E-state index contributed by atoms with van der Waals surface area (Å²) in [5, 5.41) is 7.04. The van der Waals surface area contributed by atoms with Crippen LogP contribution in [-0.2, 0) is 0 Å². The Bertz CT molecular complexity index is 407. The lowest BCUT2D eigenvalue weighted by Gasteiger charge is -2.42. The topological polar surface area (TPSA) is 27.3 Å². The predicted molar refractivity (Wildman–Crippen MR) is 70.9 cm³/mol. The van der Waals surface area contributed by atoms with Crippen molar-refractivity contribution in [3.8, 4) is 0 Å². The summed E-state index contributed by atoms with van der Waals surface area (Å²) >= 11 is 0. The number of nitrogens with one attached hydrogen (secondary N) is 2. The van der Waals surface area contributed by atoms with Crippen LogP contribution in [0, 0.1) is 0 Å². The fourth-order valence-corrected chi connectivity index (χ4v) is 2.96. The minimum absolute atomic E-state index is 0.0870. The zero-order valence-corrected chi connectivity index (χ0v) is 10.1. The van der Waals surface area contributed by atoms with Gasteiger partial charge in [0.05, 0.1) is 6.54 Å². The van der Waals surface area contributed by atoms with Crippen molar-refractivity contribution < 1.29 is 0 Å². The first kappa shape index (κ1) is 10.7. The summed E-state index contributed by atoms with van der Waals surface area (Å²) in [6.45, 7) is 7.17. The van der Waals surface area contributed by atoms with Gasteiger partial charge in [-0.2, -0.15) is 0 Å². The normalized spacial score (nSPS) is 22.8. The molecular weight excluding hydrogens is 210 g/mol. The van der Waals surface area contributed by atoms with E-state index in [2.05, 4.69) is 52.4 Å². The van der Waals surface area contributed by atoms with Crippen LogP contribution in [0.3, 0.4) is 0 Å². The molecule has 2 fully saturated rings. The predicted octanol–water partition coefficient (Wildman–Crippen LogP) is 1.69. The molecule has 3 heteroatoms. The van der Waals surface area contributed by atoms with Gasteiger partial charge in [0.25, 0.3) is 0 Å². The summed E-state index contributed by atoms with van der Waals surface area (Å²) in [4.78, 5) is 2.47. The molecule has 17 heavy (non-hydrogen) atoms. The summed E-state index contributed by atoms with van der Waals surface area (Å²) in [5.74, 6) is 0. The smallest absolute Gasteiger partial charge is 0.113 e. The molecule has 0 aromatic heterocycles. The highest BCUT2D eigenvalue weighted by molar-refractivity contribution is 5.52. The van der Waals surface area contributed by atoms with E-state index in [9.17, 15) is 0 Å². The van der Waals surface area contributed by atoms with E-state index in [1.165, 1.54) is 5.69 Å². The Labute approximate surface area is 103 Å². The van der Waals surface area contributed by atoms with E-state index in [4.69, 9.17) is 0 Å². The molecule has 3 nitrogen and oxygen atoms in total. The first-order valence-electron chi connectivity index (χ1n) is 6.30.